The summed E-state index contributed by atoms with van der Waals surface area (Å²) in [5.41, 5.74) is 0.712. The number of rotatable bonds is 9. The minimum absolute atomic E-state index is 0.0339. The van der Waals surface area contributed by atoms with Gasteiger partial charge >= 0.3 is 0 Å². The fraction of sp³-hybridized carbons (Fsp3) is 0.182. The summed E-state index contributed by atoms with van der Waals surface area (Å²) in [5, 5.41) is 15.6. The first-order valence-electron chi connectivity index (χ1n) is 9.87. The molecule has 0 saturated carbocycles. The third-order valence-corrected chi connectivity index (χ3v) is 6.86. The number of aromatic nitrogens is 3. The van der Waals surface area contributed by atoms with Gasteiger partial charge in [-0.05, 0) is 31.2 Å². The van der Waals surface area contributed by atoms with E-state index < -0.39 is 6.04 Å². The smallest absolute Gasteiger partial charge is 0.253 e. The number of halogens is 4. The van der Waals surface area contributed by atoms with Gasteiger partial charge in [0.25, 0.3) is 5.91 Å². The van der Waals surface area contributed by atoms with Crippen LogP contribution in [0.15, 0.2) is 54.2 Å². The standard InChI is InChI=1S/C22H19Cl4N5O2S/c1-3-8-31-20(12(2)27-21(33)13-6-4-5-7-14(13)23)29-30-22(31)34-11-19(32)28-18-10-16(25)15(24)9-17(18)26/h3-7,9-10,12H,1,8,11H2,2H3,(H,27,33)(H,28,32)/t12-/m0/s1. The molecule has 2 amide bonds. The van der Waals surface area contributed by atoms with E-state index in [2.05, 4.69) is 27.4 Å². The van der Waals surface area contributed by atoms with E-state index in [1.54, 1.807) is 41.8 Å². The van der Waals surface area contributed by atoms with Gasteiger partial charge in [-0.25, -0.2) is 0 Å². The van der Waals surface area contributed by atoms with Crippen LogP contribution in [0, 0.1) is 0 Å². The second-order valence-corrected chi connectivity index (χ2v) is 9.57. The molecule has 2 N–H and O–H groups in total. The molecule has 1 atom stereocenters. The van der Waals surface area contributed by atoms with Crippen molar-refractivity contribution in [3.63, 3.8) is 0 Å². The fourth-order valence-corrected chi connectivity index (χ4v) is 4.52. The molecule has 1 heterocycles. The third-order valence-electron chi connectivity index (χ3n) is 4.53. The highest BCUT2D eigenvalue weighted by Gasteiger charge is 2.21. The lowest BCUT2D eigenvalue weighted by Crippen LogP contribution is -2.29. The van der Waals surface area contributed by atoms with Crippen molar-refractivity contribution in [2.45, 2.75) is 24.7 Å². The first-order chi connectivity index (χ1) is 16.2. The summed E-state index contributed by atoms with van der Waals surface area (Å²) < 4.78 is 1.77. The van der Waals surface area contributed by atoms with Crippen molar-refractivity contribution in [3.05, 3.63) is 80.5 Å². The molecule has 12 heteroatoms. The van der Waals surface area contributed by atoms with Gasteiger partial charge in [0.05, 0.1) is 43.1 Å². The molecule has 0 spiro atoms. The molecular weight excluding hydrogens is 540 g/mol. The Labute approximate surface area is 220 Å². The zero-order chi connectivity index (χ0) is 24.8. The van der Waals surface area contributed by atoms with Crippen molar-refractivity contribution in [1.82, 2.24) is 20.1 Å². The quantitative estimate of drug-likeness (QED) is 0.183. The average molecular weight is 559 g/mol. The van der Waals surface area contributed by atoms with E-state index in [1.165, 1.54) is 23.9 Å². The fourth-order valence-electron chi connectivity index (χ4n) is 2.95. The van der Waals surface area contributed by atoms with Crippen LogP contribution in [-0.4, -0.2) is 32.3 Å². The van der Waals surface area contributed by atoms with Crippen molar-refractivity contribution in [1.29, 1.82) is 0 Å². The number of allylic oxidation sites excluding steroid dienone is 1. The van der Waals surface area contributed by atoms with Crippen LogP contribution >= 0.6 is 58.2 Å². The molecule has 0 fully saturated rings. The maximum Gasteiger partial charge on any atom is 0.253 e. The number of carbonyl (C=O) groups excluding carboxylic acids is 2. The Hall–Kier alpha value is -2.23. The van der Waals surface area contributed by atoms with Gasteiger partial charge in [-0.1, -0.05) is 76.4 Å². The number of hydrogen-bond acceptors (Lipinski definition) is 5. The van der Waals surface area contributed by atoms with Gasteiger partial charge in [0, 0.05) is 6.54 Å². The molecule has 7 nitrogen and oxygen atoms in total. The van der Waals surface area contributed by atoms with E-state index in [0.29, 0.717) is 38.8 Å². The zero-order valence-electron chi connectivity index (χ0n) is 17.8. The number of hydrogen-bond donors (Lipinski definition) is 2. The first-order valence-corrected chi connectivity index (χ1v) is 12.4. The lowest BCUT2D eigenvalue weighted by Gasteiger charge is -2.15. The van der Waals surface area contributed by atoms with E-state index in [9.17, 15) is 9.59 Å². The second-order valence-electron chi connectivity index (χ2n) is 7.00. The number of nitrogens with zero attached hydrogens (tertiary/aromatic N) is 3. The Morgan fingerprint density at radius 1 is 1.09 bits per heavy atom. The molecule has 0 aliphatic carbocycles. The summed E-state index contributed by atoms with van der Waals surface area (Å²) in [4.78, 5) is 25.1. The van der Waals surface area contributed by atoms with Crippen molar-refractivity contribution < 1.29 is 9.59 Å². The molecule has 0 aliphatic heterocycles. The highest BCUT2D eigenvalue weighted by Crippen LogP contribution is 2.32. The highest BCUT2D eigenvalue weighted by molar-refractivity contribution is 7.99. The summed E-state index contributed by atoms with van der Waals surface area (Å²) in [6.07, 6.45) is 1.68. The Balaban J connectivity index is 1.69. The van der Waals surface area contributed by atoms with Crippen LogP contribution in [0.25, 0.3) is 0 Å². The van der Waals surface area contributed by atoms with Crippen LogP contribution in [0.4, 0.5) is 5.69 Å². The number of nitrogens with one attached hydrogen (secondary N) is 2. The van der Waals surface area contributed by atoms with Crippen molar-refractivity contribution >= 4 is 75.7 Å². The summed E-state index contributed by atoms with van der Waals surface area (Å²) in [5.74, 6) is -0.110. The SMILES string of the molecule is C=CCn1c(SCC(=O)Nc2cc(Cl)c(Cl)cc2Cl)nnc1[C@H](C)NC(=O)c1ccccc1Cl. The molecule has 3 aromatic rings. The molecule has 0 radical (unpaired) electrons. The van der Waals surface area contributed by atoms with Gasteiger partial charge < -0.3 is 15.2 Å². The van der Waals surface area contributed by atoms with Crippen LogP contribution in [0.5, 0.6) is 0 Å². The Morgan fingerprint density at radius 2 is 1.79 bits per heavy atom. The van der Waals surface area contributed by atoms with E-state index in [4.69, 9.17) is 46.4 Å². The van der Waals surface area contributed by atoms with Gasteiger partial charge in [0.2, 0.25) is 5.91 Å². The predicted octanol–water partition coefficient (Wildman–Crippen LogP) is 6.30. The topological polar surface area (TPSA) is 88.9 Å². The van der Waals surface area contributed by atoms with Gasteiger partial charge in [-0.15, -0.1) is 16.8 Å². The number of thioether (sulfide) groups is 1. The Bertz CT molecular complexity index is 1230. The van der Waals surface area contributed by atoms with E-state index >= 15 is 0 Å². The van der Waals surface area contributed by atoms with Crippen LogP contribution in [0.2, 0.25) is 20.1 Å². The minimum Gasteiger partial charge on any atom is -0.342 e. The Kier molecular flexibility index (Phi) is 9.27. The van der Waals surface area contributed by atoms with Crippen molar-refractivity contribution in [2.24, 2.45) is 0 Å². The minimum atomic E-state index is -0.477. The number of anilines is 1. The first kappa shape index (κ1) is 26.4. The normalized spacial score (nSPS) is 11.7. The average Bonchev–Trinajstić information content (AvgIpc) is 3.19. The molecule has 0 bridgehead atoms. The number of amides is 2. The molecule has 0 saturated heterocycles. The van der Waals surface area contributed by atoms with Gasteiger partial charge in [0.1, 0.15) is 0 Å². The predicted molar refractivity (Wildman–Crippen MR) is 138 cm³/mol. The Morgan fingerprint density at radius 3 is 2.50 bits per heavy atom. The van der Waals surface area contributed by atoms with Gasteiger partial charge in [0.15, 0.2) is 11.0 Å². The second kappa shape index (κ2) is 12.0. The van der Waals surface area contributed by atoms with E-state index in [-0.39, 0.29) is 27.6 Å². The van der Waals surface area contributed by atoms with Crippen LogP contribution in [-0.2, 0) is 11.3 Å². The summed E-state index contributed by atoms with van der Waals surface area (Å²) in [6.45, 7) is 5.94. The lowest BCUT2D eigenvalue weighted by atomic mass is 10.2. The maximum atomic E-state index is 12.6. The van der Waals surface area contributed by atoms with Crippen molar-refractivity contribution in [3.8, 4) is 0 Å². The molecule has 3 rings (SSSR count). The number of benzene rings is 2. The molecular formula is C22H19Cl4N5O2S. The third kappa shape index (κ3) is 6.46. The molecule has 2 aromatic carbocycles. The largest absolute Gasteiger partial charge is 0.342 e. The molecule has 34 heavy (non-hydrogen) atoms. The van der Waals surface area contributed by atoms with Gasteiger partial charge in [-0.3, -0.25) is 9.59 Å². The summed E-state index contributed by atoms with van der Waals surface area (Å²) in [7, 11) is 0. The summed E-state index contributed by atoms with van der Waals surface area (Å²) >= 11 is 25.3. The van der Waals surface area contributed by atoms with E-state index in [0.717, 1.165) is 0 Å². The van der Waals surface area contributed by atoms with Crippen LogP contribution in [0.1, 0.15) is 29.1 Å². The van der Waals surface area contributed by atoms with Crippen LogP contribution < -0.4 is 10.6 Å². The van der Waals surface area contributed by atoms with Gasteiger partial charge in [-0.2, -0.15) is 0 Å². The van der Waals surface area contributed by atoms with Crippen LogP contribution in [0.3, 0.4) is 0 Å². The molecule has 0 unspecified atom stereocenters. The van der Waals surface area contributed by atoms with E-state index in [1.807, 2.05) is 0 Å². The zero-order valence-corrected chi connectivity index (χ0v) is 21.7. The summed E-state index contributed by atoms with van der Waals surface area (Å²) in [6, 6.07) is 9.23. The van der Waals surface area contributed by atoms with Crippen molar-refractivity contribution in [2.75, 3.05) is 11.1 Å². The monoisotopic (exact) mass is 557 g/mol. The lowest BCUT2D eigenvalue weighted by molar-refractivity contribution is -0.113. The highest BCUT2D eigenvalue weighted by atomic mass is 35.5. The maximum absolute atomic E-state index is 12.6. The number of carbonyl (C=O) groups is 2. The molecule has 0 aliphatic rings. The molecule has 1 aromatic heterocycles. The molecule has 178 valence electrons.